The van der Waals surface area contributed by atoms with Gasteiger partial charge in [0.05, 0.1) is 19.8 Å². The summed E-state index contributed by atoms with van der Waals surface area (Å²) < 4.78 is 19.1. The van der Waals surface area contributed by atoms with E-state index in [1.807, 2.05) is 25.3 Å². The Hall–Kier alpha value is -1.94. The lowest BCUT2D eigenvalue weighted by atomic mass is 9.84. The smallest absolute Gasteiger partial charge is 0.191 e. The number of hydrogen-bond donors (Lipinski definition) is 2. The molecule has 2 N–H and O–H groups in total. The van der Waals surface area contributed by atoms with Crippen LogP contribution >= 0.6 is 24.0 Å². The lowest BCUT2D eigenvalue weighted by Gasteiger charge is -2.29. The van der Waals surface area contributed by atoms with Crippen LogP contribution in [-0.4, -0.2) is 50.3 Å². The molecule has 0 unspecified atom stereocenters. The van der Waals surface area contributed by atoms with Crippen LogP contribution in [0.4, 0.5) is 10.2 Å². The SMILES string of the molecule is CCNC(=NCc1cccnc1N1CCOCC1)NCC(C)(C)c1cccc(F)c1.I. The summed E-state index contributed by atoms with van der Waals surface area (Å²) in [5.74, 6) is 1.49. The van der Waals surface area contributed by atoms with Crippen LogP contribution in [0.1, 0.15) is 31.9 Å². The topological polar surface area (TPSA) is 61.8 Å². The van der Waals surface area contributed by atoms with Crippen molar-refractivity contribution >= 4 is 35.8 Å². The molecule has 0 amide bonds. The number of pyridine rings is 1. The number of hydrogen-bond acceptors (Lipinski definition) is 4. The molecule has 170 valence electrons. The first kappa shape index (κ1) is 25.3. The van der Waals surface area contributed by atoms with Crippen molar-refractivity contribution in [3.63, 3.8) is 0 Å². The van der Waals surface area contributed by atoms with Crippen LogP contribution < -0.4 is 15.5 Å². The lowest BCUT2D eigenvalue weighted by Crippen LogP contribution is -2.43. The van der Waals surface area contributed by atoms with E-state index in [0.29, 0.717) is 13.1 Å². The molecule has 1 aliphatic heterocycles. The van der Waals surface area contributed by atoms with Crippen molar-refractivity contribution in [2.75, 3.05) is 44.3 Å². The van der Waals surface area contributed by atoms with Crippen molar-refractivity contribution in [1.82, 2.24) is 15.6 Å². The van der Waals surface area contributed by atoms with Gasteiger partial charge >= 0.3 is 0 Å². The van der Waals surface area contributed by atoms with Crippen LogP contribution in [0.2, 0.25) is 0 Å². The number of nitrogens with zero attached hydrogens (tertiary/aromatic N) is 3. The molecule has 2 aromatic rings. The molecule has 2 heterocycles. The molecule has 8 heteroatoms. The first-order valence-corrected chi connectivity index (χ1v) is 10.5. The second kappa shape index (κ2) is 12.2. The van der Waals surface area contributed by atoms with E-state index in [2.05, 4.69) is 40.4 Å². The molecule has 6 nitrogen and oxygen atoms in total. The predicted molar refractivity (Wildman–Crippen MR) is 135 cm³/mol. The Morgan fingerprint density at radius 2 is 1.97 bits per heavy atom. The van der Waals surface area contributed by atoms with Gasteiger partial charge in [-0.25, -0.2) is 14.4 Å². The van der Waals surface area contributed by atoms with E-state index in [-0.39, 0.29) is 35.2 Å². The standard InChI is InChI=1S/C23H32FN5O.HI/c1-4-25-22(28-17-23(2,3)19-8-5-9-20(24)15-19)27-16-18-7-6-10-26-21(18)29-11-13-30-14-12-29;/h5-10,15H,4,11-14,16-17H2,1-3H3,(H2,25,27,28);1H. The van der Waals surface area contributed by atoms with Gasteiger partial charge in [-0.15, -0.1) is 24.0 Å². The lowest BCUT2D eigenvalue weighted by molar-refractivity contribution is 0.122. The summed E-state index contributed by atoms with van der Waals surface area (Å²) in [6.45, 7) is 11.3. The van der Waals surface area contributed by atoms with Crippen molar-refractivity contribution in [3.8, 4) is 0 Å². The van der Waals surface area contributed by atoms with Gasteiger partial charge in [0.25, 0.3) is 0 Å². The molecule has 1 saturated heterocycles. The minimum Gasteiger partial charge on any atom is -0.378 e. The molecular formula is C23H33FIN5O. The van der Waals surface area contributed by atoms with E-state index in [0.717, 1.165) is 55.8 Å². The summed E-state index contributed by atoms with van der Waals surface area (Å²) in [6.07, 6.45) is 1.82. The average molecular weight is 541 g/mol. The average Bonchev–Trinajstić information content (AvgIpc) is 2.76. The molecule has 1 aromatic carbocycles. The molecule has 0 aliphatic carbocycles. The van der Waals surface area contributed by atoms with Crippen LogP contribution in [-0.2, 0) is 16.7 Å². The quantitative estimate of drug-likeness (QED) is 0.318. The van der Waals surface area contributed by atoms with Crippen molar-refractivity contribution in [3.05, 3.63) is 59.5 Å². The number of aromatic nitrogens is 1. The number of benzene rings is 1. The molecular weight excluding hydrogens is 508 g/mol. The number of halogens is 2. The Labute approximate surface area is 201 Å². The maximum atomic E-state index is 13.6. The Morgan fingerprint density at radius 1 is 1.19 bits per heavy atom. The fourth-order valence-electron chi connectivity index (χ4n) is 3.44. The molecule has 0 spiro atoms. The van der Waals surface area contributed by atoms with E-state index < -0.39 is 0 Å². The molecule has 1 fully saturated rings. The van der Waals surface area contributed by atoms with Crippen molar-refractivity contribution < 1.29 is 9.13 Å². The first-order valence-electron chi connectivity index (χ1n) is 10.5. The summed E-state index contributed by atoms with van der Waals surface area (Å²) >= 11 is 0. The summed E-state index contributed by atoms with van der Waals surface area (Å²) in [4.78, 5) is 11.6. The van der Waals surface area contributed by atoms with Gasteiger partial charge < -0.3 is 20.3 Å². The first-order chi connectivity index (χ1) is 14.5. The van der Waals surface area contributed by atoms with Gasteiger partial charge in [-0.3, -0.25) is 0 Å². The number of rotatable bonds is 7. The minimum atomic E-state index is -0.244. The van der Waals surface area contributed by atoms with Crippen LogP contribution in [0.5, 0.6) is 0 Å². The van der Waals surface area contributed by atoms with Crippen molar-refractivity contribution in [2.24, 2.45) is 4.99 Å². The third-order valence-electron chi connectivity index (χ3n) is 5.23. The van der Waals surface area contributed by atoms with E-state index in [9.17, 15) is 4.39 Å². The number of aliphatic imine (C=N–C) groups is 1. The highest BCUT2D eigenvalue weighted by molar-refractivity contribution is 14.0. The Balaban J connectivity index is 0.00000341. The molecule has 0 bridgehead atoms. The summed E-state index contributed by atoms with van der Waals surface area (Å²) in [6, 6.07) is 10.8. The summed E-state index contributed by atoms with van der Waals surface area (Å²) in [5.41, 5.74) is 1.79. The maximum absolute atomic E-state index is 13.6. The van der Waals surface area contributed by atoms with Crippen LogP contribution in [0, 0.1) is 5.82 Å². The number of morpholine rings is 1. The number of nitrogens with one attached hydrogen (secondary N) is 2. The van der Waals surface area contributed by atoms with Gasteiger partial charge in [0, 0.05) is 43.4 Å². The number of guanidine groups is 1. The molecule has 0 atom stereocenters. The van der Waals surface area contributed by atoms with Crippen molar-refractivity contribution in [2.45, 2.75) is 32.7 Å². The van der Waals surface area contributed by atoms with Crippen LogP contribution in [0.3, 0.4) is 0 Å². The van der Waals surface area contributed by atoms with Gasteiger partial charge in [-0.2, -0.15) is 0 Å². The number of anilines is 1. The molecule has 0 radical (unpaired) electrons. The van der Waals surface area contributed by atoms with E-state index in [1.165, 1.54) is 6.07 Å². The van der Waals surface area contributed by atoms with Gasteiger partial charge in [-0.1, -0.05) is 32.0 Å². The zero-order valence-electron chi connectivity index (χ0n) is 18.5. The fraction of sp³-hybridized carbons (Fsp3) is 0.478. The zero-order chi connectivity index (χ0) is 21.4. The molecule has 1 aromatic heterocycles. The molecule has 3 rings (SSSR count). The molecule has 1 aliphatic rings. The highest BCUT2D eigenvalue weighted by Gasteiger charge is 2.21. The third-order valence-corrected chi connectivity index (χ3v) is 5.23. The third kappa shape index (κ3) is 7.31. The van der Waals surface area contributed by atoms with Crippen molar-refractivity contribution in [1.29, 1.82) is 0 Å². The summed E-state index contributed by atoms with van der Waals surface area (Å²) in [7, 11) is 0. The molecule has 0 saturated carbocycles. The fourth-order valence-corrected chi connectivity index (χ4v) is 3.44. The second-order valence-electron chi connectivity index (χ2n) is 8.03. The normalized spacial score (nSPS) is 14.7. The monoisotopic (exact) mass is 541 g/mol. The highest BCUT2D eigenvalue weighted by Crippen LogP contribution is 2.23. The zero-order valence-corrected chi connectivity index (χ0v) is 20.9. The van der Waals surface area contributed by atoms with Gasteiger partial charge in [0.2, 0.25) is 0 Å². The highest BCUT2D eigenvalue weighted by atomic mass is 127. The maximum Gasteiger partial charge on any atom is 0.191 e. The minimum absolute atomic E-state index is 0. The van der Waals surface area contributed by atoms with E-state index in [1.54, 1.807) is 12.1 Å². The van der Waals surface area contributed by atoms with Crippen LogP contribution in [0.25, 0.3) is 0 Å². The predicted octanol–water partition coefficient (Wildman–Crippen LogP) is 3.71. The van der Waals surface area contributed by atoms with Gasteiger partial charge in [0.15, 0.2) is 5.96 Å². The van der Waals surface area contributed by atoms with Gasteiger partial charge in [0.1, 0.15) is 11.6 Å². The van der Waals surface area contributed by atoms with E-state index in [4.69, 9.17) is 9.73 Å². The van der Waals surface area contributed by atoms with E-state index >= 15 is 0 Å². The molecule has 31 heavy (non-hydrogen) atoms. The van der Waals surface area contributed by atoms with Crippen LogP contribution in [0.15, 0.2) is 47.6 Å². The van der Waals surface area contributed by atoms with Gasteiger partial charge in [-0.05, 0) is 30.7 Å². The number of ether oxygens (including phenoxy) is 1. The Bertz CT molecular complexity index is 855. The summed E-state index contributed by atoms with van der Waals surface area (Å²) in [5, 5.41) is 6.71. The second-order valence-corrected chi connectivity index (χ2v) is 8.03. The largest absolute Gasteiger partial charge is 0.378 e. The Morgan fingerprint density at radius 3 is 2.68 bits per heavy atom. The Kier molecular flexibility index (Phi) is 9.95.